The molecule has 8 heteroatoms. The highest BCUT2D eigenvalue weighted by molar-refractivity contribution is 5.69. The standard InChI is InChI=1S/C23H36O8/c1-16(24)29-15-19-18(10-6-4-5-7-11-22(26)27-3)20(30-17(2)25)14-21(19)31-23-12-8-9-13-28-23/h4,6,18-21,23H,5,7-15H2,1-3H3/b6-4-/t18-,19-,20+,21-,23?/m1/s1. The van der Waals surface area contributed by atoms with Crippen molar-refractivity contribution < 1.29 is 38.1 Å². The molecule has 2 rings (SSSR count). The van der Waals surface area contributed by atoms with Gasteiger partial charge in [0.15, 0.2) is 6.29 Å². The summed E-state index contributed by atoms with van der Waals surface area (Å²) in [6, 6.07) is 0. The van der Waals surface area contributed by atoms with E-state index in [1.54, 1.807) is 0 Å². The maximum atomic E-state index is 11.7. The molecular formula is C23H36O8. The van der Waals surface area contributed by atoms with Crippen molar-refractivity contribution in [3.05, 3.63) is 12.2 Å². The average molecular weight is 441 g/mol. The number of unbranched alkanes of at least 4 members (excludes halogenated alkanes) is 1. The average Bonchev–Trinajstić information content (AvgIpc) is 3.04. The van der Waals surface area contributed by atoms with E-state index in [9.17, 15) is 14.4 Å². The fourth-order valence-corrected chi connectivity index (χ4v) is 4.26. The van der Waals surface area contributed by atoms with Gasteiger partial charge in [-0.05, 0) is 38.5 Å². The van der Waals surface area contributed by atoms with Crippen LogP contribution >= 0.6 is 0 Å². The van der Waals surface area contributed by atoms with Crippen LogP contribution in [0.4, 0.5) is 0 Å². The molecule has 2 aliphatic rings. The van der Waals surface area contributed by atoms with Gasteiger partial charge in [-0.15, -0.1) is 0 Å². The molecule has 0 radical (unpaired) electrons. The van der Waals surface area contributed by atoms with Crippen molar-refractivity contribution in [2.24, 2.45) is 11.8 Å². The third-order valence-electron chi connectivity index (χ3n) is 5.78. The number of methoxy groups -OCH3 is 1. The van der Waals surface area contributed by atoms with Gasteiger partial charge in [0.05, 0.1) is 19.8 Å². The Morgan fingerprint density at radius 3 is 2.48 bits per heavy atom. The molecule has 0 N–H and O–H groups in total. The molecule has 1 saturated carbocycles. The first kappa shape index (κ1) is 25.3. The molecule has 0 aromatic rings. The summed E-state index contributed by atoms with van der Waals surface area (Å²) >= 11 is 0. The molecule has 0 bridgehead atoms. The quantitative estimate of drug-likeness (QED) is 0.209. The molecule has 1 heterocycles. The molecule has 1 saturated heterocycles. The first-order chi connectivity index (χ1) is 14.9. The Hall–Kier alpha value is -1.93. The van der Waals surface area contributed by atoms with Gasteiger partial charge in [-0.25, -0.2) is 0 Å². The van der Waals surface area contributed by atoms with Gasteiger partial charge in [0.1, 0.15) is 6.10 Å². The number of hydrogen-bond acceptors (Lipinski definition) is 8. The van der Waals surface area contributed by atoms with Gasteiger partial charge in [-0.3, -0.25) is 14.4 Å². The zero-order valence-corrected chi connectivity index (χ0v) is 18.9. The maximum Gasteiger partial charge on any atom is 0.305 e. The molecule has 1 aliphatic heterocycles. The minimum absolute atomic E-state index is 0.0336. The van der Waals surface area contributed by atoms with Crippen molar-refractivity contribution in [2.45, 2.75) is 83.7 Å². The van der Waals surface area contributed by atoms with Gasteiger partial charge in [0, 0.05) is 45.1 Å². The molecule has 0 spiro atoms. The minimum atomic E-state index is -0.347. The fraction of sp³-hybridized carbons (Fsp3) is 0.783. The van der Waals surface area contributed by atoms with Crippen molar-refractivity contribution >= 4 is 17.9 Å². The number of carbonyl (C=O) groups excluding carboxylic acids is 3. The van der Waals surface area contributed by atoms with Gasteiger partial charge >= 0.3 is 17.9 Å². The molecule has 8 nitrogen and oxygen atoms in total. The predicted octanol–water partition coefficient (Wildman–Crippen LogP) is 3.32. The number of ether oxygens (including phenoxy) is 5. The van der Waals surface area contributed by atoms with Crippen LogP contribution in [0.5, 0.6) is 0 Å². The first-order valence-electron chi connectivity index (χ1n) is 11.2. The number of carbonyl (C=O) groups is 3. The maximum absolute atomic E-state index is 11.7. The van der Waals surface area contributed by atoms with Crippen LogP contribution in [0.1, 0.15) is 65.2 Å². The van der Waals surface area contributed by atoms with Crippen molar-refractivity contribution in [2.75, 3.05) is 20.3 Å². The number of rotatable bonds is 11. The van der Waals surface area contributed by atoms with Crippen molar-refractivity contribution in [1.82, 2.24) is 0 Å². The topological polar surface area (TPSA) is 97.4 Å². The summed E-state index contributed by atoms with van der Waals surface area (Å²) in [6.07, 6.45) is 9.23. The largest absolute Gasteiger partial charge is 0.469 e. The summed E-state index contributed by atoms with van der Waals surface area (Å²) in [6.45, 7) is 3.68. The van der Waals surface area contributed by atoms with Crippen molar-refractivity contribution in [3.63, 3.8) is 0 Å². The Kier molecular flexibility index (Phi) is 11.0. The van der Waals surface area contributed by atoms with E-state index in [-0.39, 0.29) is 54.8 Å². The molecule has 2 fully saturated rings. The van der Waals surface area contributed by atoms with E-state index in [4.69, 9.17) is 18.9 Å². The van der Waals surface area contributed by atoms with Crippen LogP contribution in [0, 0.1) is 11.8 Å². The Morgan fingerprint density at radius 2 is 1.84 bits per heavy atom. The van der Waals surface area contributed by atoms with Crippen LogP contribution in [0.25, 0.3) is 0 Å². The Labute approximate surface area is 184 Å². The van der Waals surface area contributed by atoms with Gasteiger partial charge in [-0.2, -0.15) is 0 Å². The van der Waals surface area contributed by atoms with Crippen molar-refractivity contribution in [3.8, 4) is 0 Å². The lowest BCUT2D eigenvalue weighted by atomic mass is 9.90. The van der Waals surface area contributed by atoms with E-state index in [0.29, 0.717) is 32.3 Å². The van der Waals surface area contributed by atoms with Crippen LogP contribution in [0.15, 0.2) is 12.2 Å². The molecule has 176 valence electrons. The van der Waals surface area contributed by atoms with E-state index in [2.05, 4.69) is 4.74 Å². The van der Waals surface area contributed by atoms with Crippen LogP contribution in [-0.4, -0.2) is 56.7 Å². The van der Waals surface area contributed by atoms with Gasteiger partial charge < -0.3 is 23.7 Å². The molecule has 0 amide bonds. The SMILES string of the molecule is COC(=O)CCC/C=C\C[C@@H]1[C@@H](COC(C)=O)[C@H](OC2CCCCO2)C[C@@H]1OC(C)=O. The summed E-state index contributed by atoms with van der Waals surface area (Å²) in [7, 11) is 1.38. The van der Waals surface area contributed by atoms with Crippen LogP contribution < -0.4 is 0 Å². The highest BCUT2D eigenvalue weighted by atomic mass is 16.7. The lowest BCUT2D eigenvalue weighted by molar-refractivity contribution is -0.199. The van der Waals surface area contributed by atoms with Crippen molar-refractivity contribution in [1.29, 1.82) is 0 Å². The third kappa shape index (κ3) is 8.99. The normalized spacial score (nSPS) is 28.4. The molecule has 1 aliphatic carbocycles. The second-order valence-electron chi connectivity index (χ2n) is 8.16. The van der Waals surface area contributed by atoms with Crippen LogP contribution in [-0.2, 0) is 38.1 Å². The zero-order valence-electron chi connectivity index (χ0n) is 18.9. The molecule has 0 aromatic carbocycles. The number of allylic oxidation sites excluding steroid dienone is 2. The van der Waals surface area contributed by atoms with Crippen LogP contribution in [0.2, 0.25) is 0 Å². The summed E-state index contributed by atoms with van der Waals surface area (Å²) in [5, 5.41) is 0. The third-order valence-corrected chi connectivity index (χ3v) is 5.78. The summed E-state index contributed by atoms with van der Waals surface area (Å²) in [5.41, 5.74) is 0. The Bertz CT molecular complexity index is 611. The minimum Gasteiger partial charge on any atom is -0.469 e. The van der Waals surface area contributed by atoms with E-state index in [0.717, 1.165) is 25.7 Å². The Morgan fingerprint density at radius 1 is 1.03 bits per heavy atom. The highest BCUT2D eigenvalue weighted by Crippen LogP contribution is 2.40. The summed E-state index contributed by atoms with van der Waals surface area (Å²) in [4.78, 5) is 34.3. The van der Waals surface area contributed by atoms with Gasteiger partial charge in [0.25, 0.3) is 0 Å². The number of esters is 3. The van der Waals surface area contributed by atoms with E-state index < -0.39 is 0 Å². The fourth-order valence-electron chi connectivity index (χ4n) is 4.26. The highest BCUT2D eigenvalue weighted by Gasteiger charge is 2.46. The van der Waals surface area contributed by atoms with E-state index in [1.165, 1.54) is 21.0 Å². The first-order valence-corrected chi connectivity index (χ1v) is 11.2. The van der Waals surface area contributed by atoms with E-state index >= 15 is 0 Å². The Balaban J connectivity index is 2.02. The monoisotopic (exact) mass is 440 g/mol. The lowest BCUT2D eigenvalue weighted by Gasteiger charge is -2.30. The molecule has 5 atom stereocenters. The zero-order chi connectivity index (χ0) is 22.6. The molecular weight excluding hydrogens is 404 g/mol. The lowest BCUT2D eigenvalue weighted by Crippen LogP contribution is -2.34. The van der Waals surface area contributed by atoms with Crippen LogP contribution in [0.3, 0.4) is 0 Å². The summed E-state index contributed by atoms with van der Waals surface area (Å²) in [5.74, 6) is -1.03. The smallest absolute Gasteiger partial charge is 0.305 e. The van der Waals surface area contributed by atoms with E-state index in [1.807, 2.05) is 12.2 Å². The molecule has 1 unspecified atom stereocenters. The molecule has 0 aromatic heterocycles. The predicted molar refractivity (Wildman–Crippen MR) is 112 cm³/mol. The number of hydrogen-bond donors (Lipinski definition) is 0. The summed E-state index contributed by atoms with van der Waals surface area (Å²) < 4.78 is 27.6. The molecule has 31 heavy (non-hydrogen) atoms. The second kappa shape index (κ2) is 13.5. The van der Waals surface area contributed by atoms with Gasteiger partial charge in [0.2, 0.25) is 0 Å². The second-order valence-corrected chi connectivity index (χ2v) is 8.16. The van der Waals surface area contributed by atoms with Gasteiger partial charge in [-0.1, -0.05) is 12.2 Å².